The van der Waals surface area contributed by atoms with E-state index < -0.39 is 11.9 Å². The predicted molar refractivity (Wildman–Crippen MR) is 107 cm³/mol. The van der Waals surface area contributed by atoms with Gasteiger partial charge in [0.05, 0.1) is 6.10 Å². The van der Waals surface area contributed by atoms with Crippen molar-refractivity contribution in [1.82, 2.24) is 0 Å². The highest BCUT2D eigenvalue weighted by atomic mass is 16.5. The SMILES string of the molecule is CCCCCCCCCCCCCCCCC(C)OC(=O)/C=C/C(=O)O. The molecule has 0 aromatic rings. The molecule has 0 aliphatic carbocycles. The van der Waals surface area contributed by atoms with Crippen LogP contribution >= 0.6 is 0 Å². The van der Waals surface area contributed by atoms with Gasteiger partial charge in [-0.1, -0.05) is 90.4 Å². The van der Waals surface area contributed by atoms with Gasteiger partial charge in [0.25, 0.3) is 0 Å². The Morgan fingerprint density at radius 1 is 0.769 bits per heavy atom. The predicted octanol–water partition coefficient (Wildman–Crippen LogP) is 6.43. The van der Waals surface area contributed by atoms with Gasteiger partial charge in [0.2, 0.25) is 0 Å². The Morgan fingerprint density at radius 2 is 1.19 bits per heavy atom. The second-order valence-corrected chi connectivity index (χ2v) is 7.30. The fraction of sp³-hybridized carbons (Fsp3) is 0.818. The zero-order valence-electron chi connectivity index (χ0n) is 17.0. The summed E-state index contributed by atoms with van der Waals surface area (Å²) in [5.74, 6) is -1.72. The van der Waals surface area contributed by atoms with E-state index >= 15 is 0 Å². The number of carbonyl (C=O) groups is 2. The third-order valence-corrected chi connectivity index (χ3v) is 4.64. The quantitative estimate of drug-likeness (QED) is 0.172. The van der Waals surface area contributed by atoms with Gasteiger partial charge in [0.1, 0.15) is 0 Å². The number of carboxylic acid groups (broad SMARTS) is 1. The Bertz CT molecular complexity index is 376. The van der Waals surface area contributed by atoms with Crippen LogP contribution in [0.15, 0.2) is 12.2 Å². The second kappa shape index (κ2) is 18.5. The molecular weight excluding hydrogens is 328 g/mol. The minimum atomic E-state index is -1.14. The molecule has 0 bridgehead atoms. The van der Waals surface area contributed by atoms with Crippen molar-refractivity contribution < 1.29 is 19.4 Å². The summed E-state index contributed by atoms with van der Waals surface area (Å²) in [5, 5.41) is 8.45. The number of aliphatic carboxylic acids is 1. The molecule has 0 amide bonds. The summed E-state index contributed by atoms with van der Waals surface area (Å²) in [6.45, 7) is 4.12. The summed E-state index contributed by atoms with van der Waals surface area (Å²) < 4.78 is 5.13. The fourth-order valence-electron chi connectivity index (χ4n) is 3.06. The van der Waals surface area contributed by atoms with Crippen LogP contribution in [-0.4, -0.2) is 23.1 Å². The molecule has 0 aliphatic heterocycles. The van der Waals surface area contributed by atoms with Crippen molar-refractivity contribution in [2.24, 2.45) is 0 Å². The van der Waals surface area contributed by atoms with Gasteiger partial charge in [-0.2, -0.15) is 0 Å². The van der Waals surface area contributed by atoms with E-state index in [-0.39, 0.29) is 6.10 Å². The zero-order chi connectivity index (χ0) is 19.5. The van der Waals surface area contributed by atoms with E-state index in [1.165, 1.54) is 83.5 Å². The minimum Gasteiger partial charge on any atom is -0.478 e. The molecule has 0 aliphatic rings. The van der Waals surface area contributed by atoms with Crippen molar-refractivity contribution in [2.45, 2.75) is 116 Å². The van der Waals surface area contributed by atoms with Gasteiger partial charge in [-0.25, -0.2) is 9.59 Å². The first-order valence-corrected chi connectivity index (χ1v) is 10.7. The topological polar surface area (TPSA) is 63.6 Å². The number of carboxylic acids is 1. The van der Waals surface area contributed by atoms with Crippen molar-refractivity contribution in [3.63, 3.8) is 0 Å². The normalized spacial score (nSPS) is 12.4. The molecule has 0 saturated heterocycles. The van der Waals surface area contributed by atoms with E-state index in [2.05, 4.69) is 6.92 Å². The average Bonchev–Trinajstić information content (AvgIpc) is 2.60. The van der Waals surface area contributed by atoms with Gasteiger partial charge in [-0.3, -0.25) is 0 Å². The fourth-order valence-corrected chi connectivity index (χ4v) is 3.06. The van der Waals surface area contributed by atoms with Crippen LogP contribution in [0.2, 0.25) is 0 Å². The molecule has 0 aromatic heterocycles. The Labute approximate surface area is 160 Å². The summed E-state index contributed by atoms with van der Waals surface area (Å²) in [4.78, 5) is 21.6. The number of hydrogen-bond donors (Lipinski definition) is 1. The first-order chi connectivity index (χ1) is 12.6. The van der Waals surface area contributed by atoms with E-state index in [4.69, 9.17) is 9.84 Å². The molecule has 0 saturated carbocycles. The molecule has 26 heavy (non-hydrogen) atoms. The van der Waals surface area contributed by atoms with Crippen molar-refractivity contribution >= 4 is 11.9 Å². The molecule has 4 nitrogen and oxygen atoms in total. The summed E-state index contributed by atoms with van der Waals surface area (Å²) in [5.41, 5.74) is 0. The molecule has 1 N–H and O–H groups in total. The lowest BCUT2D eigenvalue weighted by atomic mass is 10.0. The maximum absolute atomic E-state index is 11.3. The van der Waals surface area contributed by atoms with Crippen LogP contribution in [0.5, 0.6) is 0 Å². The average molecular weight is 369 g/mol. The van der Waals surface area contributed by atoms with Gasteiger partial charge in [0.15, 0.2) is 0 Å². The summed E-state index contributed by atoms with van der Waals surface area (Å²) in [6.07, 6.45) is 21.0. The number of esters is 1. The first-order valence-electron chi connectivity index (χ1n) is 10.7. The zero-order valence-corrected chi connectivity index (χ0v) is 17.0. The van der Waals surface area contributed by atoms with Crippen LogP contribution in [0.3, 0.4) is 0 Å². The largest absolute Gasteiger partial charge is 0.478 e. The van der Waals surface area contributed by atoms with E-state index in [0.29, 0.717) is 0 Å². The smallest absolute Gasteiger partial charge is 0.331 e. The van der Waals surface area contributed by atoms with Crippen LogP contribution in [-0.2, 0) is 14.3 Å². The van der Waals surface area contributed by atoms with E-state index in [1.807, 2.05) is 6.92 Å². The van der Waals surface area contributed by atoms with Gasteiger partial charge < -0.3 is 9.84 Å². The summed E-state index contributed by atoms with van der Waals surface area (Å²) in [7, 11) is 0. The monoisotopic (exact) mass is 368 g/mol. The summed E-state index contributed by atoms with van der Waals surface area (Å²) in [6, 6.07) is 0. The Hall–Kier alpha value is -1.32. The highest BCUT2D eigenvalue weighted by Crippen LogP contribution is 2.14. The van der Waals surface area contributed by atoms with E-state index in [0.717, 1.165) is 25.0 Å². The molecule has 1 unspecified atom stereocenters. The molecule has 152 valence electrons. The second-order valence-electron chi connectivity index (χ2n) is 7.30. The van der Waals surface area contributed by atoms with Crippen molar-refractivity contribution in [3.05, 3.63) is 12.2 Å². The lowest BCUT2D eigenvalue weighted by molar-refractivity contribution is -0.143. The van der Waals surface area contributed by atoms with E-state index in [9.17, 15) is 9.59 Å². The standard InChI is InChI=1S/C22H40O4/c1-3-4-5-6-7-8-9-10-11-12-13-14-15-16-17-20(2)26-22(25)19-18-21(23)24/h18-20H,3-17H2,1-2H3,(H,23,24)/b19-18+. The Morgan fingerprint density at radius 3 is 1.62 bits per heavy atom. The number of rotatable bonds is 18. The molecular formula is C22H40O4. The highest BCUT2D eigenvalue weighted by Gasteiger charge is 2.06. The first kappa shape index (κ1) is 24.7. The molecule has 4 heteroatoms. The molecule has 0 heterocycles. The molecule has 0 radical (unpaired) electrons. The Balaban J connectivity index is 3.30. The van der Waals surface area contributed by atoms with Gasteiger partial charge in [0, 0.05) is 12.2 Å². The lowest BCUT2D eigenvalue weighted by Crippen LogP contribution is -2.13. The van der Waals surface area contributed by atoms with E-state index in [1.54, 1.807) is 0 Å². The third kappa shape index (κ3) is 19.0. The van der Waals surface area contributed by atoms with Crippen LogP contribution in [0.4, 0.5) is 0 Å². The maximum atomic E-state index is 11.3. The Kier molecular flexibility index (Phi) is 17.5. The highest BCUT2D eigenvalue weighted by molar-refractivity contribution is 5.90. The number of unbranched alkanes of at least 4 members (excludes halogenated alkanes) is 13. The van der Waals surface area contributed by atoms with Crippen molar-refractivity contribution in [1.29, 1.82) is 0 Å². The van der Waals surface area contributed by atoms with Gasteiger partial charge in [-0.05, 0) is 19.8 Å². The lowest BCUT2D eigenvalue weighted by Gasteiger charge is -2.11. The number of carbonyl (C=O) groups excluding carboxylic acids is 1. The number of hydrogen-bond acceptors (Lipinski definition) is 3. The molecule has 0 fully saturated rings. The molecule has 0 rings (SSSR count). The van der Waals surface area contributed by atoms with Crippen LogP contribution in [0, 0.1) is 0 Å². The maximum Gasteiger partial charge on any atom is 0.331 e. The summed E-state index contributed by atoms with van der Waals surface area (Å²) >= 11 is 0. The van der Waals surface area contributed by atoms with Crippen molar-refractivity contribution in [2.75, 3.05) is 0 Å². The third-order valence-electron chi connectivity index (χ3n) is 4.64. The minimum absolute atomic E-state index is 0.154. The van der Waals surface area contributed by atoms with Crippen LogP contribution in [0.1, 0.15) is 110 Å². The molecule has 0 aromatic carbocycles. The molecule has 1 atom stereocenters. The van der Waals surface area contributed by atoms with Crippen LogP contribution in [0.25, 0.3) is 0 Å². The number of ether oxygens (including phenoxy) is 1. The van der Waals surface area contributed by atoms with Crippen molar-refractivity contribution in [3.8, 4) is 0 Å². The van der Waals surface area contributed by atoms with Gasteiger partial charge >= 0.3 is 11.9 Å². The van der Waals surface area contributed by atoms with Gasteiger partial charge in [-0.15, -0.1) is 0 Å². The van der Waals surface area contributed by atoms with Crippen LogP contribution < -0.4 is 0 Å². The molecule has 0 spiro atoms.